The zero-order chi connectivity index (χ0) is 12.2. The predicted molar refractivity (Wildman–Crippen MR) is 71.4 cm³/mol. The average Bonchev–Trinajstić information content (AvgIpc) is 3.09. The van der Waals surface area contributed by atoms with Crippen LogP contribution in [0.5, 0.6) is 0 Å². The third-order valence-corrected chi connectivity index (χ3v) is 3.33. The van der Waals surface area contributed by atoms with Crippen LogP contribution >= 0.6 is 11.3 Å². The molecule has 0 saturated heterocycles. The van der Waals surface area contributed by atoms with E-state index in [4.69, 9.17) is 4.52 Å². The molecule has 0 amide bonds. The van der Waals surface area contributed by atoms with Gasteiger partial charge in [-0.3, -0.25) is 0 Å². The molecule has 0 fully saturated rings. The van der Waals surface area contributed by atoms with Crippen LogP contribution in [0.1, 0.15) is 4.88 Å². The summed E-state index contributed by atoms with van der Waals surface area (Å²) in [7, 11) is 0. The summed E-state index contributed by atoms with van der Waals surface area (Å²) in [4.78, 5) is 5.53. The van der Waals surface area contributed by atoms with E-state index in [2.05, 4.69) is 21.5 Å². The Morgan fingerprint density at radius 3 is 2.78 bits per heavy atom. The molecule has 90 valence electrons. The van der Waals surface area contributed by atoms with Gasteiger partial charge in [0.05, 0.1) is 6.54 Å². The van der Waals surface area contributed by atoms with Gasteiger partial charge in [0, 0.05) is 10.4 Å². The molecule has 18 heavy (non-hydrogen) atoms. The maximum absolute atomic E-state index is 5.15. The minimum atomic E-state index is 0.447. The lowest BCUT2D eigenvalue weighted by Gasteiger charge is -1.96. The molecule has 0 aliphatic rings. The minimum absolute atomic E-state index is 0.447. The zero-order valence-corrected chi connectivity index (χ0v) is 10.4. The van der Waals surface area contributed by atoms with E-state index in [0.717, 1.165) is 5.56 Å². The molecule has 3 rings (SSSR count). The quantitative estimate of drug-likeness (QED) is 0.778. The Morgan fingerprint density at radius 1 is 1.11 bits per heavy atom. The predicted octanol–water partition coefficient (Wildman–Crippen LogP) is 3.41. The Kier molecular flexibility index (Phi) is 3.06. The molecule has 0 aliphatic carbocycles. The molecule has 1 aromatic carbocycles. The standard InChI is InChI=1S/C13H11N3OS/c1-2-5-10(6-3-1)12-15-13(17-16-12)14-9-11-7-4-8-18-11/h1-8H,9H2,(H,14,15,16). The molecule has 3 aromatic rings. The molecular formula is C13H11N3OS. The lowest BCUT2D eigenvalue weighted by atomic mass is 10.2. The number of hydrogen-bond donors (Lipinski definition) is 1. The third kappa shape index (κ3) is 2.41. The first-order chi connectivity index (χ1) is 8.92. The molecule has 2 heterocycles. The van der Waals surface area contributed by atoms with Crippen molar-refractivity contribution in [1.82, 2.24) is 10.1 Å². The van der Waals surface area contributed by atoms with E-state index in [1.54, 1.807) is 11.3 Å². The van der Waals surface area contributed by atoms with Gasteiger partial charge >= 0.3 is 6.01 Å². The first kappa shape index (κ1) is 11.0. The summed E-state index contributed by atoms with van der Waals surface area (Å²) in [6.07, 6.45) is 0. The first-order valence-electron chi connectivity index (χ1n) is 5.57. The van der Waals surface area contributed by atoms with Crippen LogP contribution in [-0.4, -0.2) is 10.1 Å². The molecular weight excluding hydrogens is 246 g/mol. The van der Waals surface area contributed by atoms with Gasteiger partial charge in [-0.15, -0.1) is 11.3 Å². The lowest BCUT2D eigenvalue weighted by molar-refractivity contribution is 0.432. The van der Waals surface area contributed by atoms with Crippen LogP contribution in [0.2, 0.25) is 0 Å². The summed E-state index contributed by atoms with van der Waals surface area (Å²) in [6, 6.07) is 14.3. The number of rotatable bonds is 4. The van der Waals surface area contributed by atoms with Crippen LogP contribution < -0.4 is 5.32 Å². The van der Waals surface area contributed by atoms with E-state index in [9.17, 15) is 0 Å². The molecule has 0 bridgehead atoms. The number of nitrogens with zero attached hydrogens (tertiary/aromatic N) is 2. The normalized spacial score (nSPS) is 10.4. The van der Waals surface area contributed by atoms with E-state index >= 15 is 0 Å². The molecule has 0 spiro atoms. The molecule has 0 radical (unpaired) electrons. The maximum Gasteiger partial charge on any atom is 0.322 e. The van der Waals surface area contributed by atoms with Gasteiger partial charge < -0.3 is 9.84 Å². The summed E-state index contributed by atoms with van der Waals surface area (Å²) in [5.74, 6) is 0.601. The smallest absolute Gasteiger partial charge is 0.322 e. The highest BCUT2D eigenvalue weighted by molar-refractivity contribution is 7.09. The fourth-order valence-corrected chi connectivity index (χ4v) is 2.22. The fraction of sp³-hybridized carbons (Fsp3) is 0.0769. The highest BCUT2D eigenvalue weighted by atomic mass is 32.1. The number of hydrogen-bond acceptors (Lipinski definition) is 5. The van der Waals surface area contributed by atoms with Crippen molar-refractivity contribution in [2.45, 2.75) is 6.54 Å². The van der Waals surface area contributed by atoms with Crippen molar-refractivity contribution < 1.29 is 4.52 Å². The van der Waals surface area contributed by atoms with Gasteiger partial charge in [-0.05, 0) is 11.4 Å². The largest absolute Gasteiger partial charge is 0.333 e. The Bertz CT molecular complexity index is 604. The van der Waals surface area contributed by atoms with Crippen molar-refractivity contribution in [3.63, 3.8) is 0 Å². The molecule has 2 aromatic heterocycles. The third-order valence-electron chi connectivity index (χ3n) is 2.45. The SMILES string of the molecule is c1ccc(-c2noc(NCc3cccs3)n2)cc1. The van der Waals surface area contributed by atoms with Gasteiger partial charge in [0.15, 0.2) is 0 Å². The second kappa shape index (κ2) is 5.01. The highest BCUT2D eigenvalue weighted by Gasteiger charge is 2.07. The van der Waals surface area contributed by atoms with Gasteiger partial charge in [-0.25, -0.2) is 0 Å². The number of aromatic nitrogens is 2. The number of anilines is 1. The summed E-state index contributed by atoms with van der Waals surface area (Å²) in [5, 5.41) is 9.09. The van der Waals surface area contributed by atoms with E-state index in [1.165, 1.54) is 4.88 Å². The molecule has 4 nitrogen and oxygen atoms in total. The van der Waals surface area contributed by atoms with Crippen LogP contribution in [0.15, 0.2) is 52.4 Å². The Hall–Kier alpha value is -2.14. The van der Waals surface area contributed by atoms with Crippen LogP contribution in [-0.2, 0) is 6.54 Å². The Morgan fingerprint density at radius 2 is 2.00 bits per heavy atom. The fourth-order valence-electron chi connectivity index (χ4n) is 1.58. The summed E-state index contributed by atoms with van der Waals surface area (Å²) < 4.78 is 5.15. The summed E-state index contributed by atoms with van der Waals surface area (Å²) in [5.41, 5.74) is 0.949. The van der Waals surface area contributed by atoms with Gasteiger partial charge in [0.2, 0.25) is 5.82 Å². The van der Waals surface area contributed by atoms with Gasteiger partial charge in [-0.2, -0.15) is 4.98 Å². The monoisotopic (exact) mass is 257 g/mol. The molecule has 0 unspecified atom stereocenters. The van der Waals surface area contributed by atoms with Gasteiger partial charge in [0.1, 0.15) is 0 Å². The van der Waals surface area contributed by atoms with Gasteiger partial charge in [-0.1, -0.05) is 41.6 Å². The highest BCUT2D eigenvalue weighted by Crippen LogP contribution is 2.17. The summed E-state index contributed by atoms with van der Waals surface area (Å²) >= 11 is 1.69. The molecule has 0 saturated carbocycles. The lowest BCUT2D eigenvalue weighted by Crippen LogP contribution is -1.97. The number of nitrogens with one attached hydrogen (secondary N) is 1. The minimum Gasteiger partial charge on any atom is -0.333 e. The van der Waals surface area contributed by atoms with Crippen molar-refractivity contribution >= 4 is 17.4 Å². The topological polar surface area (TPSA) is 51.0 Å². The van der Waals surface area contributed by atoms with Crippen molar-refractivity contribution in [2.24, 2.45) is 0 Å². The number of thiophene rings is 1. The van der Waals surface area contributed by atoms with Crippen molar-refractivity contribution in [3.8, 4) is 11.4 Å². The Balaban J connectivity index is 1.70. The molecule has 0 aliphatic heterocycles. The maximum atomic E-state index is 5.15. The van der Waals surface area contributed by atoms with Crippen molar-refractivity contribution in [3.05, 3.63) is 52.7 Å². The van der Waals surface area contributed by atoms with E-state index in [-0.39, 0.29) is 0 Å². The van der Waals surface area contributed by atoms with Gasteiger partial charge in [0.25, 0.3) is 0 Å². The second-order valence-electron chi connectivity index (χ2n) is 3.72. The van der Waals surface area contributed by atoms with E-state index in [1.807, 2.05) is 41.8 Å². The van der Waals surface area contributed by atoms with Crippen LogP contribution in [0, 0.1) is 0 Å². The molecule has 0 atom stereocenters. The van der Waals surface area contributed by atoms with E-state index in [0.29, 0.717) is 18.4 Å². The van der Waals surface area contributed by atoms with Crippen LogP contribution in [0.25, 0.3) is 11.4 Å². The van der Waals surface area contributed by atoms with Crippen LogP contribution in [0.3, 0.4) is 0 Å². The van der Waals surface area contributed by atoms with E-state index < -0.39 is 0 Å². The van der Waals surface area contributed by atoms with Crippen molar-refractivity contribution in [1.29, 1.82) is 0 Å². The number of benzene rings is 1. The first-order valence-corrected chi connectivity index (χ1v) is 6.45. The van der Waals surface area contributed by atoms with Crippen LogP contribution in [0.4, 0.5) is 6.01 Å². The summed E-state index contributed by atoms with van der Waals surface area (Å²) in [6.45, 7) is 0.702. The van der Waals surface area contributed by atoms with Crippen molar-refractivity contribution in [2.75, 3.05) is 5.32 Å². The second-order valence-corrected chi connectivity index (χ2v) is 4.75. The molecule has 5 heteroatoms. The average molecular weight is 257 g/mol. The molecule has 1 N–H and O–H groups in total. The Labute approximate surface area is 108 Å². The zero-order valence-electron chi connectivity index (χ0n) is 9.54.